The number of carbonyl (C=O) groups excluding carboxylic acids is 2. The maximum Gasteiger partial charge on any atom is 0.418 e. The monoisotopic (exact) mass is 567 g/mol. The summed E-state index contributed by atoms with van der Waals surface area (Å²) >= 11 is 1.07. The Hall–Kier alpha value is -3.80. The first-order chi connectivity index (χ1) is 18.0. The molecule has 2 aromatic rings. The highest BCUT2D eigenvalue weighted by atomic mass is 32.3. The van der Waals surface area contributed by atoms with Crippen LogP contribution in [0.5, 0.6) is 5.75 Å². The van der Waals surface area contributed by atoms with E-state index in [2.05, 4.69) is 30.0 Å². The van der Waals surface area contributed by atoms with Crippen LogP contribution in [-0.2, 0) is 29.1 Å². The first kappa shape index (κ1) is 27.2. The molecule has 5 N–H and O–H groups in total. The van der Waals surface area contributed by atoms with Gasteiger partial charge in [0.05, 0.1) is 12.1 Å². The largest absolute Gasteiger partial charge is 0.490 e. The Morgan fingerprint density at radius 1 is 1.34 bits per heavy atom. The number of nitrogens with one attached hydrogen (secondary N) is 2. The fourth-order valence-corrected chi connectivity index (χ4v) is 4.63. The van der Waals surface area contributed by atoms with Crippen LogP contribution in [0.2, 0.25) is 0 Å². The third kappa shape index (κ3) is 6.18. The number of ether oxygens (including phenoxy) is 1. The Morgan fingerprint density at radius 2 is 2.08 bits per heavy atom. The van der Waals surface area contributed by atoms with Crippen molar-refractivity contribution in [1.82, 2.24) is 20.7 Å². The molecule has 2 aliphatic heterocycles. The van der Waals surface area contributed by atoms with Crippen molar-refractivity contribution in [2.75, 3.05) is 32.0 Å². The number of β-lactam (4-membered cyclic amide) rings is 1. The zero-order chi connectivity index (χ0) is 27.5. The molecule has 1 aromatic heterocycles. The molecule has 4 rings (SSSR count). The molecule has 1 atom stereocenters. The predicted molar refractivity (Wildman–Crippen MR) is 136 cm³/mol. The van der Waals surface area contributed by atoms with Gasteiger partial charge in [-0.1, -0.05) is 5.16 Å². The van der Waals surface area contributed by atoms with E-state index in [1.54, 1.807) is 12.1 Å². The highest BCUT2D eigenvalue weighted by Crippen LogP contribution is 2.33. The second-order valence-electron chi connectivity index (χ2n) is 8.57. The molecule has 15 nitrogen and oxygen atoms in total. The van der Waals surface area contributed by atoms with Gasteiger partial charge >= 0.3 is 10.4 Å². The van der Waals surface area contributed by atoms with Gasteiger partial charge in [-0.3, -0.25) is 19.1 Å². The Morgan fingerprint density at radius 3 is 2.66 bits per heavy atom. The predicted octanol–water partition coefficient (Wildman–Crippen LogP) is -0.285. The maximum absolute atomic E-state index is 13.0. The molecule has 0 spiro atoms. The van der Waals surface area contributed by atoms with Crippen LogP contribution in [-0.4, -0.2) is 84.3 Å². The van der Waals surface area contributed by atoms with Crippen molar-refractivity contribution in [2.24, 2.45) is 10.1 Å². The fourth-order valence-electron chi connectivity index (χ4n) is 3.63. The fraction of sp³-hybridized carbons (Fsp3) is 0.381. The number of anilines is 1. The number of hydrogen-bond acceptors (Lipinski definition) is 13. The van der Waals surface area contributed by atoms with Gasteiger partial charge in [-0.15, -0.1) is 15.6 Å². The smallest absolute Gasteiger partial charge is 0.418 e. The topological polar surface area (TPSA) is 207 Å². The van der Waals surface area contributed by atoms with E-state index in [-0.39, 0.29) is 29.8 Å². The highest BCUT2D eigenvalue weighted by molar-refractivity contribution is 7.80. The van der Waals surface area contributed by atoms with E-state index in [0.717, 1.165) is 35.8 Å². The first-order valence-corrected chi connectivity index (χ1v) is 13.4. The second kappa shape index (κ2) is 10.9. The number of amides is 2. The van der Waals surface area contributed by atoms with Crippen LogP contribution in [0.15, 0.2) is 39.8 Å². The van der Waals surface area contributed by atoms with Crippen molar-refractivity contribution in [2.45, 2.75) is 25.4 Å². The number of thiazole rings is 1. The minimum absolute atomic E-state index is 0.0176. The molecule has 0 bridgehead atoms. The summed E-state index contributed by atoms with van der Waals surface area (Å²) < 4.78 is 40.8. The van der Waals surface area contributed by atoms with E-state index in [1.165, 1.54) is 19.2 Å². The molecule has 0 radical (unpaired) electrons. The SMILES string of the molecule is CC1(C)C(NC(=O)/C(=N\OCCOc2ccc(C3=NCCN3)cc2)c2csc(N)n2)C(=O)N1OS(=O)(=O)O. The van der Waals surface area contributed by atoms with Gasteiger partial charge in [-0.25, -0.2) is 4.98 Å². The zero-order valence-electron chi connectivity index (χ0n) is 20.3. The normalized spacial score (nSPS) is 18.9. The molecule has 2 amide bonds. The third-order valence-electron chi connectivity index (χ3n) is 5.50. The summed E-state index contributed by atoms with van der Waals surface area (Å²) in [5.74, 6) is -0.275. The molecular formula is C21H25N7O8S2. The number of nitrogens with two attached hydrogens (primary N) is 1. The standard InChI is InChI=1S/C21H25N7O8S2/c1-21(2)16(19(30)28(21)36-38(31,32)33)26-18(29)15(14-11-37-20(22)25-14)27-35-10-9-34-13-5-3-12(4-6-13)17-23-7-8-24-17/h3-6,11,16H,7-10H2,1-2H3,(H2,22,25)(H,23,24)(H,26,29)(H,31,32,33)/b27-15-. The Balaban J connectivity index is 1.35. The molecule has 1 aromatic carbocycles. The summed E-state index contributed by atoms with van der Waals surface area (Å²) in [7, 11) is -4.93. The number of benzene rings is 1. The van der Waals surface area contributed by atoms with E-state index >= 15 is 0 Å². The molecule has 204 valence electrons. The molecule has 1 fully saturated rings. The van der Waals surface area contributed by atoms with Gasteiger partial charge in [0.25, 0.3) is 11.8 Å². The number of nitrogen functional groups attached to an aromatic ring is 1. The molecule has 1 unspecified atom stereocenters. The Kier molecular flexibility index (Phi) is 7.81. The second-order valence-corrected chi connectivity index (χ2v) is 10.5. The van der Waals surface area contributed by atoms with Crippen LogP contribution in [0.25, 0.3) is 0 Å². The number of hydrogen-bond donors (Lipinski definition) is 4. The Labute approximate surface area is 221 Å². The number of oxime groups is 1. The van der Waals surface area contributed by atoms with E-state index < -0.39 is 33.8 Å². The molecule has 0 saturated carbocycles. The third-order valence-corrected chi connectivity index (χ3v) is 6.51. The van der Waals surface area contributed by atoms with Crippen LogP contribution in [0.4, 0.5) is 5.13 Å². The number of carbonyl (C=O) groups is 2. The summed E-state index contributed by atoms with van der Waals surface area (Å²) in [6.45, 7) is 4.52. The summed E-state index contributed by atoms with van der Waals surface area (Å²) in [4.78, 5) is 39.0. The summed E-state index contributed by atoms with van der Waals surface area (Å²) in [6.07, 6.45) is 0. The number of nitrogens with zero attached hydrogens (tertiary/aromatic N) is 4. The molecule has 17 heteroatoms. The summed E-state index contributed by atoms with van der Waals surface area (Å²) in [5.41, 5.74) is 5.18. The van der Waals surface area contributed by atoms with Crippen LogP contribution >= 0.6 is 11.3 Å². The van der Waals surface area contributed by atoms with Crippen LogP contribution < -0.4 is 21.1 Å². The van der Waals surface area contributed by atoms with Crippen molar-refractivity contribution in [3.8, 4) is 5.75 Å². The molecule has 2 aliphatic rings. The number of amidine groups is 1. The lowest BCUT2D eigenvalue weighted by atomic mass is 9.84. The van der Waals surface area contributed by atoms with Crippen LogP contribution in [0.1, 0.15) is 25.1 Å². The molecule has 3 heterocycles. The Bertz CT molecular complexity index is 1370. The van der Waals surface area contributed by atoms with E-state index in [0.29, 0.717) is 10.8 Å². The van der Waals surface area contributed by atoms with Crippen LogP contribution in [0.3, 0.4) is 0 Å². The molecular weight excluding hydrogens is 542 g/mol. The average Bonchev–Trinajstić information content (AvgIpc) is 3.55. The molecule has 1 saturated heterocycles. The zero-order valence-corrected chi connectivity index (χ0v) is 21.9. The minimum atomic E-state index is -4.93. The molecule has 38 heavy (non-hydrogen) atoms. The van der Waals surface area contributed by atoms with Crippen molar-refractivity contribution in [3.05, 3.63) is 40.9 Å². The van der Waals surface area contributed by atoms with E-state index in [9.17, 15) is 18.0 Å². The van der Waals surface area contributed by atoms with E-state index in [1.807, 2.05) is 12.1 Å². The summed E-state index contributed by atoms with van der Waals surface area (Å²) in [5, 5.41) is 11.6. The lowest BCUT2D eigenvalue weighted by Crippen LogP contribution is -2.76. The lowest BCUT2D eigenvalue weighted by molar-refractivity contribution is -0.218. The average molecular weight is 568 g/mol. The number of aliphatic imine (C=N–C) groups is 1. The van der Waals surface area contributed by atoms with Gasteiger partial charge in [0, 0.05) is 17.5 Å². The van der Waals surface area contributed by atoms with Gasteiger partial charge in [0.15, 0.2) is 17.5 Å². The van der Waals surface area contributed by atoms with Crippen molar-refractivity contribution < 1.29 is 36.4 Å². The first-order valence-electron chi connectivity index (χ1n) is 11.2. The van der Waals surface area contributed by atoms with Crippen molar-refractivity contribution in [1.29, 1.82) is 0 Å². The van der Waals surface area contributed by atoms with Crippen molar-refractivity contribution >= 4 is 50.2 Å². The van der Waals surface area contributed by atoms with Gasteiger partial charge in [-0.05, 0) is 38.1 Å². The highest BCUT2D eigenvalue weighted by Gasteiger charge is 2.58. The molecule has 0 aliphatic carbocycles. The number of rotatable bonds is 11. The van der Waals surface area contributed by atoms with Crippen LogP contribution in [0, 0.1) is 0 Å². The lowest BCUT2D eigenvalue weighted by Gasteiger charge is -2.50. The van der Waals surface area contributed by atoms with Crippen molar-refractivity contribution in [3.63, 3.8) is 0 Å². The van der Waals surface area contributed by atoms with E-state index in [4.69, 9.17) is 19.9 Å². The minimum Gasteiger partial charge on any atom is -0.490 e. The van der Waals surface area contributed by atoms with Gasteiger partial charge in [0.2, 0.25) is 0 Å². The van der Waals surface area contributed by atoms with Gasteiger partial charge in [-0.2, -0.15) is 13.5 Å². The quantitative estimate of drug-likeness (QED) is 0.0912. The number of aromatic nitrogens is 1. The van der Waals surface area contributed by atoms with Gasteiger partial charge in [0.1, 0.15) is 29.9 Å². The van der Waals surface area contributed by atoms with Gasteiger partial charge < -0.3 is 25.9 Å². The maximum atomic E-state index is 13.0. The summed E-state index contributed by atoms with van der Waals surface area (Å²) in [6, 6.07) is 6.17. The number of hydroxylamine groups is 2.